The summed E-state index contributed by atoms with van der Waals surface area (Å²) >= 11 is 0. The average Bonchev–Trinajstić information content (AvgIpc) is 2.80. The van der Waals surface area contributed by atoms with Gasteiger partial charge in [0.1, 0.15) is 24.2 Å². The number of primary amides is 1. The standard InChI is InChI=1S/C29H37N5O5/c1-17-11-12-21(20(4)15-17)25(26(36)33-24-18(2)9-8-10-19(24)3)34(14-13-30)27(37)22(16-23(31)35)32-28(38)39-29(5,6)7/h8-12,15,22,25H,14,16H2,1-7H3,(H2,31,35)(H,32,38)(H,33,36). The van der Waals surface area contributed by atoms with Crippen LogP contribution in [0.4, 0.5) is 10.5 Å². The fraction of sp³-hybridized carbons (Fsp3) is 0.414. The Labute approximate surface area is 229 Å². The summed E-state index contributed by atoms with van der Waals surface area (Å²) in [7, 11) is 0. The summed E-state index contributed by atoms with van der Waals surface area (Å²) in [5.41, 5.74) is 8.89. The van der Waals surface area contributed by atoms with Crippen molar-refractivity contribution in [1.82, 2.24) is 10.2 Å². The molecule has 2 atom stereocenters. The Morgan fingerprint density at radius 3 is 2.15 bits per heavy atom. The molecule has 39 heavy (non-hydrogen) atoms. The second-order valence-electron chi connectivity index (χ2n) is 10.5. The first-order chi connectivity index (χ1) is 18.1. The van der Waals surface area contributed by atoms with Crippen molar-refractivity contribution in [2.24, 2.45) is 5.73 Å². The Bertz CT molecular complexity index is 1270. The van der Waals surface area contributed by atoms with E-state index in [2.05, 4.69) is 10.6 Å². The molecule has 10 heteroatoms. The molecule has 0 fully saturated rings. The highest BCUT2D eigenvalue weighted by molar-refractivity contribution is 6.00. The van der Waals surface area contributed by atoms with Crippen LogP contribution in [0.25, 0.3) is 0 Å². The van der Waals surface area contributed by atoms with Gasteiger partial charge in [-0.3, -0.25) is 14.4 Å². The fourth-order valence-corrected chi connectivity index (χ4v) is 4.21. The van der Waals surface area contributed by atoms with Gasteiger partial charge in [0.15, 0.2) is 0 Å². The zero-order valence-electron chi connectivity index (χ0n) is 23.5. The average molecular weight is 536 g/mol. The number of nitriles is 1. The highest BCUT2D eigenvalue weighted by Gasteiger charge is 2.38. The molecule has 2 aromatic carbocycles. The molecule has 208 valence electrons. The molecule has 0 saturated carbocycles. The first-order valence-corrected chi connectivity index (χ1v) is 12.5. The predicted octanol–water partition coefficient (Wildman–Crippen LogP) is 3.72. The number of benzene rings is 2. The first kappa shape index (κ1) is 30.8. The Morgan fingerprint density at radius 2 is 1.64 bits per heavy atom. The maximum Gasteiger partial charge on any atom is 0.408 e. The van der Waals surface area contributed by atoms with Gasteiger partial charge in [-0.2, -0.15) is 5.26 Å². The van der Waals surface area contributed by atoms with E-state index in [1.54, 1.807) is 39.8 Å². The van der Waals surface area contributed by atoms with Gasteiger partial charge in [-0.15, -0.1) is 0 Å². The molecule has 2 aromatic rings. The molecule has 10 nitrogen and oxygen atoms in total. The Kier molecular flexibility index (Phi) is 10.2. The number of nitrogens with one attached hydrogen (secondary N) is 2. The summed E-state index contributed by atoms with van der Waals surface area (Å²) in [4.78, 5) is 53.2. The third-order valence-corrected chi connectivity index (χ3v) is 5.93. The van der Waals surface area contributed by atoms with E-state index in [4.69, 9.17) is 10.5 Å². The van der Waals surface area contributed by atoms with Gasteiger partial charge in [0, 0.05) is 5.69 Å². The molecule has 0 aliphatic rings. The summed E-state index contributed by atoms with van der Waals surface area (Å²) in [6, 6.07) is 10.2. The molecule has 0 saturated heterocycles. The number of nitrogens with zero attached hydrogens (tertiary/aromatic N) is 2. The van der Waals surface area contributed by atoms with E-state index in [9.17, 15) is 24.4 Å². The third-order valence-electron chi connectivity index (χ3n) is 5.93. The summed E-state index contributed by atoms with van der Waals surface area (Å²) in [6.45, 7) is 11.8. The number of para-hydroxylation sites is 1. The molecule has 0 aliphatic carbocycles. The summed E-state index contributed by atoms with van der Waals surface area (Å²) in [5, 5.41) is 15.0. The van der Waals surface area contributed by atoms with Crippen LogP contribution in [0.5, 0.6) is 0 Å². The quantitative estimate of drug-likeness (QED) is 0.416. The van der Waals surface area contributed by atoms with Gasteiger partial charge >= 0.3 is 6.09 Å². The van der Waals surface area contributed by atoms with Crippen LogP contribution in [0.15, 0.2) is 36.4 Å². The lowest BCUT2D eigenvalue weighted by Gasteiger charge is -2.33. The Morgan fingerprint density at radius 1 is 1.03 bits per heavy atom. The molecule has 4 amide bonds. The van der Waals surface area contributed by atoms with Crippen molar-refractivity contribution in [3.63, 3.8) is 0 Å². The monoisotopic (exact) mass is 535 g/mol. The van der Waals surface area contributed by atoms with Crippen molar-refractivity contribution in [2.45, 2.75) is 72.6 Å². The molecular formula is C29H37N5O5. The van der Waals surface area contributed by atoms with Crippen LogP contribution in [0.3, 0.4) is 0 Å². The molecule has 2 rings (SSSR count). The number of carbonyl (C=O) groups is 4. The van der Waals surface area contributed by atoms with E-state index < -0.39 is 54.5 Å². The highest BCUT2D eigenvalue weighted by Crippen LogP contribution is 2.29. The number of rotatable bonds is 9. The molecule has 4 N–H and O–H groups in total. The number of nitrogens with two attached hydrogens (primary N) is 1. The lowest BCUT2D eigenvalue weighted by molar-refractivity contribution is -0.141. The first-order valence-electron chi connectivity index (χ1n) is 12.5. The number of carbonyl (C=O) groups excluding carboxylic acids is 4. The number of aryl methyl sites for hydroxylation is 4. The predicted molar refractivity (Wildman–Crippen MR) is 147 cm³/mol. The van der Waals surface area contributed by atoms with E-state index in [0.717, 1.165) is 27.2 Å². The molecule has 0 heterocycles. The highest BCUT2D eigenvalue weighted by atomic mass is 16.6. The molecular weight excluding hydrogens is 498 g/mol. The van der Waals surface area contributed by atoms with Crippen LogP contribution in [-0.4, -0.2) is 46.9 Å². The van der Waals surface area contributed by atoms with Gasteiger partial charge in [0.25, 0.3) is 5.91 Å². The molecule has 0 aliphatic heterocycles. The van der Waals surface area contributed by atoms with E-state index in [1.165, 1.54) is 0 Å². The molecule has 0 spiro atoms. The zero-order chi connectivity index (χ0) is 29.5. The van der Waals surface area contributed by atoms with Crippen molar-refractivity contribution in [3.05, 3.63) is 64.2 Å². The second kappa shape index (κ2) is 12.9. The van der Waals surface area contributed by atoms with E-state index >= 15 is 0 Å². The minimum Gasteiger partial charge on any atom is -0.444 e. The number of hydrogen-bond donors (Lipinski definition) is 3. The lowest BCUT2D eigenvalue weighted by atomic mass is 9.96. The van der Waals surface area contributed by atoms with Crippen molar-refractivity contribution < 1.29 is 23.9 Å². The SMILES string of the molecule is Cc1ccc(C(C(=O)Nc2c(C)cccc2C)N(CC#N)C(=O)C(CC(N)=O)NC(=O)OC(C)(C)C)c(C)c1. The smallest absolute Gasteiger partial charge is 0.408 e. The van der Waals surface area contributed by atoms with Crippen LogP contribution in [0.1, 0.15) is 61.1 Å². The summed E-state index contributed by atoms with van der Waals surface area (Å²) in [5.74, 6) is -2.25. The van der Waals surface area contributed by atoms with Crippen LogP contribution < -0.4 is 16.4 Å². The number of ether oxygens (including phenoxy) is 1. The van der Waals surface area contributed by atoms with Crippen LogP contribution in [-0.2, 0) is 19.1 Å². The number of alkyl carbamates (subject to hydrolysis) is 1. The van der Waals surface area contributed by atoms with Crippen molar-refractivity contribution in [3.8, 4) is 6.07 Å². The van der Waals surface area contributed by atoms with Gasteiger partial charge < -0.3 is 26.0 Å². The van der Waals surface area contributed by atoms with E-state index in [0.29, 0.717) is 11.3 Å². The molecule has 0 aromatic heterocycles. The minimum atomic E-state index is -1.47. The third kappa shape index (κ3) is 8.57. The number of hydrogen-bond acceptors (Lipinski definition) is 6. The van der Waals surface area contributed by atoms with Gasteiger partial charge in [0.05, 0.1) is 12.5 Å². The second-order valence-corrected chi connectivity index (χ2v) is 10.5. The largest absolute Gasteiger partial charge is 0.444 e. The van der Waals surface area contributed by atoms with E-state index in [-0.39, 0.29) is 0 Å². The van der Waals surface area contributed by atoms with Crippen LogP contribution >= 0.6 is 0 Å². The Hall–Kier alpha value is -4.39. The molecule has 0 radical (unpaired) electrons. The minimum absolute atomic E-state index is 0.489. The summed E-state index contributed by atoms with van der Waals surface area (Å²) in [6.07, 6.45) is -1.50. The normalized spacial score (nSPS) is 12.5. The van der Waals surface area contributed by atoms with Gasteiger partial charge in [-0.05, 0) is 70.7 Å². The topological polar surface area (TPSA) is 155 Å². The van der Waals surface area contributed by atoms with E-state index in [1.807, 2.05) is 51.1 Å². The maximum atomic E-state index is 13.9. The van der Waals surface area contributed by atoms with Gasteiger partial charge in [-0.1, -0.05) is 42.0 Å². The Balaban J connectivity index is 2.61. The number of amides is 4. The van der Waals surface area contributed by atoms with Crippen LogP contribution in [0.2, 0.25) is 0 Å². The lowest BCUT2D eigenvalue weighted by Crippen LogP contribution is -2.53. The van der Waals surface area contributed by atoms with Crippen molar-refractivity contribution >= 4 is 29.5 Å². The molecule has 0 bridgehead atoms. The fourth-order valence-electron chi connectivity index (χ4n) is 4.21. The van der Waals surface area contributed by atoms with Crippen molar-refractivity contribution in [2.75, 3.05) is 11.9 Å². The number of anilines is 1. The zero-order valence-corrected chi connectivity index (χ0v) is 23.5. The molecule has 2 unspecified atom stereocenters. The van der Waals surface area contributed by atoms with Crippen LogP contribution in [0, 0.1) is 39.0 Å². The maximum absolute atomic E-state index is 13.9. The summed E-state index contributed by atoms with van der Waals surface area (Å²) < 4.78 is 5.25. The van der Waals surface area contributed by atoms with Gasteiger partial charge in [-0.25, -0.2) is 4.79 Å². The van der Waals surface area contributed by atoms with Gasteiger partial charge in [0.2, 0.25) is 11.8 Å². The van der Waals surface area contributed by atoms with Crippen molar-refractivity contribution in [1.29, 1.82) is 5.26 Å².